The van der Waals surface area contributed by atoms with Gasteiger partial charge in [-0.05, 0) is 0 Å². The summed E-state index contributed by atoms with van der Waals surface area (Å²) in [5.74, 6) is 0.257. The Hall–Kier alpha value is -1.30. The van der Waals surface area contributed by atoms with E-state index in [1.165, 1.54) is 11.8 Å². The van der Waals surface area contributed by atoms with Gasteiger partial charge < -0.3 is 0 Å². The molecule has 26 heavy (non-hydrogen) atoms. The molecule has 0 unspecified atom stereocenters. The number of carbonyl (C=O) groups is 1. The van der Waals surface area contributed by atoms with Gasteiger partial charge >= 0.3 is 173 Å². The molecule has 0 radical (unpaired) electrons. The van der Waals surface area contributed by atoms with Crippen LogP contribution in [-0.2, 0) is 4.79 Å². The fourth-order valence-corrected chi connectivity index (χ4v) is 5.08. The van der Waals surface area contributed by atoms with Crippen molar-refractivity contribution in [2.45, 2.75) is 17.6 Å². The molecule has 3 rings (SSSR count). The molecular formula is C18H15Cl2N3OSSe. The van der Waals surface area contributed by atoms with Crippen LogP contribution in [0.1, 0.15) is 11.1 Å². The van der Waals surface area contributed by atoms with Crippen molar-refractivity contribution < 1.29 is 4.79 Å². The normalized spacial score (nSPS) is 10.8. The summed E-state index contributed by atoms with van der Waals surface area (Å²) >= 11 is 13.4. The van der Waals surface area contributed by atoms with Crippen molar-refractivity contribution in [3.8, 4) is 11.3 Å². The summed E-state index contributed by atoms with van der Waals surface area (Å²) < 4.78 is 5.15. The summed E-state index contributed by atoms with van der Waals surface area (Å²) in [5.41, 5.74) is 4.71. The first-order valence-electron chi connectivity index (χ1n) is 7.72. The molecular weight excluding hydrogens is 456 g/mol. The summed E-state index contributed by atoms with van der Waals surface area (Å²) in [6.07, 6.45) is 0. The van der Waals surface area contributed by atoms with Crippen molar-refractivity contribution in [1.82, 2.24) is 9.19 Å². The maximum atomic E-state index is 12.3. The van der Waals surface area contributed by atoms with Crippen molar-refractivity contribution >= 4 is 61.3 Å². The first kappa shape index (κ1) is 19.5. The summed E-state index contributed by atoms with van der Waals surface area (Å²) in [7, 11) is 0. The standard InChI is InChI=1S/C18H15Cl2N3OSSe/c1-10-4-3-5-15(11(10)2)21-16(24)9-25-18-17(22-23-26-18)12-6-7-13(19)14(20)8-12/h3-8H,9H2,1-2H3,(H,21,24). The number of rotatable bonds is 5. The monoisotopic (exact) mass is 471 g/mol. The van der Waals surface area contributed by atoms with Gasteiger partial charge in [-0.15, -0.1) is 0 Å². The molecule has 0 atom stereocenters. The van der Waals surface area contributed by atoms with E-state index in [4.69, 9.17) is 23.2 Å². The molecule has 0 aliphatic rings. The van der Waals surface area contributed by atoms with Crippen LogP contribution in [0.3, 0.4) is 0 Å². The van der Waals surface area contributed by atoms with E-state index < -0.39 is 0 Å². The molecule has 2 aromatic carbocycles. The van der Waals surface area contributed by atoms with Crippen molar-refractivity contribution in [2.75, 3.05) is 11.1 Å². The van der Waals surface area contributed by atoms with Crippen LogP contribution in [0.25, 0.3) is 11.3 Å². The Morgan fingerprint density at radius 2 is 2.00 bits per heavy atom. The third kappa shape index (κ3) is 4.51. The third-order valence-corrected chi connectivity index (χ3v) is 7.69. The van der Waals surface area contributed by atoms with Crippen molar-refractivity contribution in [2.24, 2.45) is 0 Å². The molecule has 0 saturated carbocycles. The minimum absolute atomic E-state index is 0.0487. The Kier molecular flexibility index (Phi) is 6.43. The van der Waals surface area contributed by atoms with Gasteiger partial charge in [-0.25, -0.2) is 0 Å². The van der Waals surface area contributed by atoms with E-state index in [1.54, 1.807) is 12.1 Å². The molecule has 1 N–H and O–H groups in total. The second kappa shape index (κ2) is 8.59. The van der Waals surface area contributed by atoms with Crippen molar-refractivity contribution in [3.63, 3.8) is 0 Å². The molecule has 1 aromatic heterocycles. The Morgan fingerprint density at radius 1 is 1.19 bits per heavy atom. The molecule has 3 aromatic rings. The number of nitrogens with zero attached hydrogens (tertiary/aromatic N) is 2. The fraction of sp³-hybridized carbons (Fsp3) is 0.167. The van der Waals surface area contributed by atoms with Crippen LogP contribution in [0.2, 0.25) is 10.0 Å². The average molecular weight is 471 g/mol. The van der Waals surface area contributed by atoms with E-state index in [1.807, 2.05) is 38.1 Å². The van der Waals surface area contributed by atoms with Crippen LogP contribution in [0.4, 0.5) is 5.69 Å². The Balaban J connectivity index is 1.69. The molecule has 134 valence electrons. The summed E-state index contributed by atoms with van der Waals surface area (Å²) in [6.45, 7) is 4.03. The van der Waals surface area contributed by atoms with E-state index in [-0.39, 0.29) is 20.6 Å². The SMILES string of the molecule is Cc1cccc(NC(=O)CSc2[se]nnc2-c2ccc(Cl)c(Cl)c2)c1C. The zero-order chi connectivity index (χ0) is 18.7. The fourth-order valence-electron chi connectivity index (χ4n) is 2.30. The molecule has 4 nitrogen and oxygen atoms in total. The van der Waals surface area contributed by atoms with Gasteiger partial charge in [0.25, 0.3) is 0 Å². The van der Waals surface area contributed by atoms with E-state index in [9.17, 15) is 4.79 Å². The zero-order valence-electron chi connectivity index (χ0n) is 14.0. The van der Waals surface area contributed by atoms with Crippen LogP contribution >= 0.6 is 35.0 Å². The van der Waals surface area contributed by atoms with Gasteiger partial charge in [0.15, 0.2) is 0 Å². The van der Waals surface area contributed by atoms with Crippen LogP contribution in [0, 0.1) is 13.8 Å². The van der Waals surface area contributed by atoms with Gasteiger partial charge in [0.05, 0.1) is 0 Å². The molecule has 0 saturated heterocycles. The van der Waals surface area contributed by atoms with Crippen LogP contribution in [0.15, 0.2) is 40.2 Å². The molecule has 0 aliphatic heterocycles. The van der Waals surface area contributed by atoms with E-state index >= 15 is 0 Å². The molecule has 1 amide bonds. The quantitative estimate of drug-likeness (QED) is 0.427. The summed E-state index contributed by atoms with van der Waals surface area (Å²) in [4.78, 5) is 12.3. The minimum atomic E-state index is -0.119. The number of thioether (sulfide) groups is 1. The number of hydrogen-bond donors (Lipinski definition) is 1. The number of amides is 1. The number of anilines is 1. The second-order valence-electron chi connectivity index (χ2n) is 5.62. The molecule has 1 heterocycles. The van der Waals surface area contributed by atoms with Crippen LogP contribution in [-0.4, -0.2) is 35.6 Å². The third-order valence-electron chi connectivity index (χ3n) is 3.86. The van der Waals surface area contributed by atoms with E-state index in [0.29, 0.717) is 15.8 Å². The van der Waals surface area contributed by atoms with Crippen molar-refractivity contribution in [1.29, 1.82) is 0 Å². The van der Waals surface area contributed by atoms with Gasteiger partial charge in [0, 0.05) is 0 Å². The second-order valence-corrected chi connectivity index (χ2v) is 9.59. The molecule has 0 spiro atoms. The zero-order valence-corrected chi connectivity index (χ0v) is 18.1. The number of aryl methyl sites for hydroxylation is 1. The summed E-state index contributed by atoms with van der Waals surface area (Å²) in [6, 6.07) is 11.3. The van der Waals surface area contributed by atoms with Gasteiger partial charge in [-0.3, -0.25) is 0 Å². The number of hydrogen-bond acceptors (Lipinski definition) is 4. The van der Waals surface area contributed by atoms with Gasteiger partial charge in [-0.2, -0.15) is 0 Å². The predicted octanol–water partition coefficient (Wildman–Crippen LogP) is 4.86. The van der Waals surface area contributed by atoms with Gasteiger partial charge in [0.1, 0.15) is 0 Å². The topological polar surface area (TPSA) is 54.9 Å². The van der Waals surface area contributed by atoms with E-state index in [0.717, 1.165) is 31.8 Å². The van der Waals surface area contributed by atoms with Crippen LogP contribution in [0.5, 0.6) is 0 Å². The Labute approximate surface area is 172 Å². The molecule has 0 fully saturated rings. The Morgan fingerprint density at radius 3 is 2.77 bits per heavy atom. The predicted molar refractivity (Wildman–Crippen MR) is 110 cm³/mol. The first-order valence-corrected chi connectivity index (χ1v) is 11.1. The number of carbonyl (C=O) groups excluding carboxylic acids is 1. The number of halogens is 2. The molecule has 0 aliphatic carbocycles. The Bertz CT molecular complexity index is 961. The number of aromatic nitrogens is 2. The van der Waals surface area contributed by atoms with Gasteiger partial charge in [0.2, 0.25) is 0 Å². The first-order chi connectivity index (χ1) is 12.5. The van der Waals surface area contributed by atoms with Gasteiger partial charge in [-0.1, -0.05) is 0 Å². The number of benzene rings is 2. The van der Waals surface area contributed by atoms with E-state index in [2.05, 4.69) is 14.5 Å². The average Bonchev–Trinajstić information content (AvgIpc) is 3.08. The van der Waals surface area contributed by atoms with Crippen LogP contribution < -0.4 is 5.32 Å². The maximum absolute atomic E-state index is 12.3. The number of nitrogens with one attached hydrogen (secondary N) is 1. The molecule has 0 bridgehead atoms. The summed E-state index contributed by atoms with van der Waals surface area (Å²) in [5, 5.41) is 8.17. The van der Waals surface area contributed by atoms with Crippen molar-refractivity contribution in [3.05, 3.63) is 57.6 Å². The molecule has 8 heteroatoms.